The van der Waals surface area contributed by atoms with Gasteiger partial charge in [0, 0.05) is 12.7 Å². The van der Waals surface area contributed by atoms with Crippen LogP contribution in [0.15, 0.2) is 23.3 Å². The maximum absolute atomic E-state index is 11.6. The molecule has 1 fully saturated rings. The van der Waals surface area contributed by atoms with Gasteiger partial charge >= 0.3 is 0 Å². The van der Waals surface area contributed by atoms with Gasteiger partial charge in [-0.2, -0.15) is 0 Å². The highest BCUT2D eigenvalue weighted by Crippen LogP contribution is 2.29. The third kappa shape index (κ3) is 2.39. The molecule has 0 radical (unpaired) electrons. The Kier molecular flexibility index (Phi) is 3.08. The number of aromatic nitrogens is 2. The Labute approximate surface area is 109 Å². The lowest BCUT2D eigenvalue weighted by molar-refractivity contribution is 0.0671. The molecule has 100 valence electrons. The van der Waals surface area contributed by atoms with Crippen LogP contribution in [0.2, 0.25) is 0 Å². The van der Waals surface area contributed by atoms with E-state index in [2.05, 4.69) is 9.97 Å². The van der Waals surface area contributed by atoms with E-state index in [4.69, 9.17) is 9.47 Å². The molecule has 19 heavy (non-hydrogen) atoms. The monoisotopic (exact) mass is 262 g/mol. The lowest BCUT2D eigenvalue weighted by Crippen LogP contribution is -2.16. The van der Waals surface area contributed by atoms with Gasteiger partial charge in [0.05, 0.1) is 23.3 Å². The van der Waals surface area contributed by atoms with Gasteiger partial charge < -0.3 is 19.6 Å². The van der Waals surface area contributed by atoms with Crippen molar-refractivity contribution in [2.24, 2.45) is 0 Å². The topological polar surface area (TPSA) is 84.4 Å². The maximum Gasteiger partial charge on any atom is 0.258 e. The number of benzene rings is 1. The van der Waals surface area contributed by atoms with Gasteiger partial charge in [-0.25, -0.2) is 4.98 Å². The smallest absolute Gasteiger partial charge is 0.258 e. The lowest BCUT2D eigenvalue weighted by Gasteiger charge is -2.12. The van der Waals surface area contributed by atoms with Gasteiger partial charge in [-0.05, 0) is 18.9 Å². The van der Waals surface area contributed by atoms with E-state index in [1.165, 1.54) is 18.5 Å². The van der Waals surface area contributed by atoms with E-state index in [1.54, 1.807) is 0 Å². The number of rotatable bonds is 3. The van der Waals surface area contributed by atoms with E-state index in [1.807, 2.05) is 0 Å². The second-order valence-electron chi connectivity index (χ2n) is 4.51. The summed E-state index contributed by atoms with van der Waals surface area (Å²) < 4.78 is 11.0. The Morgan fingerprint density at radius 3 is 3.21 bits per heavy atom. The van der Waals surface area contributed by atoms with Crippen molar-refractivity contribution in [3.05, 3.63) is 28.8 Å². The van der Waals surface area contributed by atoms with E-state index in [9.17, 15) is 9.90 Å². The Balaban J connectivity index is 1.88. The summed E-state index contributed by atoms with van der Waals surface area (Å²) in [6, 6.07) is 2.93. The SMILES string of the molecule is O=c1[nH]cnc2cc(O)c(OCC3CCCO3)cc12. The molecule has 1 atom stereocenters. The van der Waals surface area contributed by atoms with Gasteiger partial charge in [0.1, 0.15) is 6.61 Å². The number of phenols is 1. The van der Waals surface area contributed by atoms with Crippen LogP contribution in [0.25, 0.3) is 10.9 Å². The second kappa shape index (κ2) is 4.89. The predicted molar refractivity (Wildman–Crippen MR) is 68.5 cm³/mol. The van der Waals surface area contributed by atoms with Crippen molar-refractivity contribution in [2.75, 3.05) is 13.2 Å². The summed E-state index contributed by atoms with van der Waals surface area (Å²) in [5, 5.41) is 10.2. The van der Waals surface area contributed by atoms with Crippen LogP contribution in [0.5, 0.6) is 11.5 Å². The van der Waals surface area contributed by atoms with Crippen molar-refractivity contribution in [3.8, 4) is 11.5 Å². The van der Waals surface area contributed by atoms with Crippen molar-refractivity contribution in [2.45, 2.75) is 18.9 Å². The molecule has 1 aliphatic heterocycles. The maximum atomic E-state index is 11.6. The molecule has 3 rings (SSSR count). The van der Waals surface area contributed by atoms with Gasteiger partial charge in [0.25, 0.3) is 5.56 Å². The molecule has 1 aliphatic rings. The van der Waals surface area contributed by atoms with E-state index in [0.717, 1.165) is 19.4 Å². The van der Waals surface area contributed by atoms with Gasteiger partial charge in [-0.15, -0.1) is 0 Å². The summed E-state index contributed by atoms with van der Waals surface area (Å²) >= 11 is 0. The molecule has 1 unspecified atom stereocenters. The minimum absolute atomic E-state index is 0.0244. The van der Waals surface area contributed by atoms with Crippen molar-refractivity contribution in [1.29, 1.82) is 0 Å². The molecule has 0 bridgehead atoms. The van der Waals surface area contributed by atoms with E-state index < -0.39 is 0 Å². The molecule has 6 heteroatoms. The normalized spacial score (nSPS) is 18.8. The number of ether oxygens (including phenoxy) is 2. The quantitative estimate of drug-likeness (QED) is 0.867. The number of hydrogen-bond acceptors (Lipinski definition) is 5. The number of nitrogens with one attached hydrogen (secondary N) is 1. The fraction of sp³-hybridized carbons (Fsp3) is 0.385. The average molecular weight is 262 g/mol. The first kappa shape index (κ1) is 12.0. The standard InChI is InChI=1S/C13H14N2O4/c16-11-5-10-9(13(17)15-7-14-10)4-12(11)19-6-8-2-1-3-18-8/h4-5,7-8,16H,1-3,6H2,(H,14,15,17). The third-order valence-electron chi connectivity index (χ3n) is 3.17. The van der Waals surface area contributed by atoms with Gasteiger partial charge in [-0.3, -0.25) is 4.79 Å². The molecular formula is C13H14N2O4. The highest BCUT2D eigenvalue weighted by molar-refractivity contribution is 5.81. The summed E-state index contributed by atoms with van der Waals surface area (Å²) in [6.45, 7) is 1.12. The first-order valence-corrected chi connectivity index (χ1v) is 6.19. The van der Waals surface area contributed by atoms with E-state index in [0.29, 0.717) is 17.5 Å². The van der Waals surface area contributed by atoms with Gasteiger partial charge in [-0.1, -0.05) is 0 Å². The molecule has 0 amide bonds. The minimum Gasteiger partial charge on any atom is -0.504 e. The van der Waals surface area contributed by atoms with Crippen LogP contribution in [0.4, 0.5) is 0 Å². The van der Waals surface area contributed by atoms with Crippen LogP contribution in [0.1, 0.15) is 12.8 Å². The van der Waals surface area contributed by atoms with Crippen molar-refractivity contribution >= 4 is 10.9 Å². The van der Waals surface area contributed by atoms with Crippen LogP contribution < -0.4 is 10.3 Å². The number of fused-ring (bicyclic) bond motifs is 1. The number of aromatic hydroxyl groups is 1. The Bertz CT molecular complexity index is 647. The predicted octanol–water partition coefficient (Wildman–Crippen LogP) is 1.19. The molecule has 1 aromatic carbocycles. The Morgan fingerprint density at radius 2 is 2.42 bits per heavy atom. The molecule has 1 aromatic heterocycles. The fourth-order valence-electron chi connectivity index (χ4n) is 2.16. The number of H-pyrrole nitrogens is 1. The number of phenolic OH excluding ortho intramolecular Hbond substituents is 1. The zero-order valence-electron chi connectivity index (χ0n) is 10.3. The van der Waals surface area contributed by atoms with Crippen molar-refractivity contribution < 1.29 is 14.6 Å². The second-order valence-corrected chi connectivity index (χ2v) is 4.51. The van der Waals surface area contributed by atoms with E-state index in [-0.39, 0.29) is 23.2 Å². The molecule has 2 aromatic rings. The molecule has 0 spiro atoms. The van der Waals surface area contributed by atoms with Gasteiger partial charge in [0.15, 0.2) is 11.5 Å². The largest absolute Gasteiger partial charge is 0.504 e. The molecule has 6 nitrogen and oxygen atoms in total. The summed E-state index contributed by atoms with van der Waals surface area (Å²) in [7, 11) is 0. The molecule has 2 N–H and O–H groups in total. The average Bonchev–Trinajstić information content (AvgIpc) is 2.90. The summed E-state index contributed by atoms with van der Waals surface area (Å²) in [4.78, 5) is 18.1. The zero-order valence-corrected chi connectivity index (χ0v) is 10.3. The van der Waals surface area contributed by atoms with Crippen molar-refractivity contribution in [1.82, 2.24) is 9.97 Å². The molecule has 0 aliphatic carbocycles. The molecular weight excluding hydrogens is 248 g/mol. The number of nitrogens with zero attached hydrogens (tertiary/aromatic N) is 1. The fourth-order valence-corrected chi connectivity index (χ4v) is 2.16. The Hall–Kier alpha value is -2.08. The van der Waals surface area contributed by atoms with Crippen LogP contribution in [0, 0.1) is 0 Å². The summed E-state index contributed by atoms with van der Waals surface area (Å²) in [5.41, 5.74) is 0.178. The van der Waals surface area contributed by atoms with Crippen LogP contribution in [-0.2, 0) is 4.74 Å². The first-order valence-electron chi connectivity index (χ1n) is 6.19. The van der Waals surface area contributed by atoms with Crippen LogP contribution in [0.3, 0.4) is 0 Å². The highest BCUT2D eigenvalue weighted by Gasteiger charge is 2.17. The molecule has 1 saturated heterocycles. The Morgan fingerprint density at radius 1 is 1.53 bits per heavy atom. The zero-order chi connectivity index (χ0) is 13.2. The molecule has 0 saturated carbocycles. The minimum atomic E-state index is -0.257. The summed E-state index contributed by atoms with van der Waals surface area (Å²) in [6.07, 6.45) is 3.34. The molecule has 2 heterocycles. The first-order chi connectivity index (χ1) is 9.24. The van der Waals surface area contributed by atoms with Gasteiger partial charge in [0.2, 0.25) is 0 Å². The third-order valence-corrected chi connectivity index (χ3v) is 3.17. The van der Waals surface area contributed by atoms with E-state index >= 15 is 0 Å². The summed E-state index contributed by atoms with van der Waals surface area (Å²) in [5.74, 6) is 0.255. The van der Waals surface area contributed by atoms with Crippen LogP contribution in [-0.4, -0.2) is 34.4 Å². The van der Waals surface area contributed by atoms with Crippen LogP contribution >= 0.6 is 0 Å². The van der Waals surface area contributed by atoms with Crippen molar-refractivity contribution in [3.63, 3.8) is 0 Å². The lowest BCUT2D eigenvalue weighted by atomic mass is 10.2. The number of aromatic amines is 1. The number of hydrogen-bond donors (Lipinski definition) is 2. The highest BCUT2D eigenvalue weighted by atomic mass is 16.5.